The Morgan fingerprint density at radius 1 is 1.15 bits per heavy atom. The number of ether oxygens (including phenoxy) is 1. The lowest BCUT2D eigenvalue weighted by atomic mass is 10.1. The number of likely N-dealkylation sites (tertiary alicyclic amines) is 2. The Balaban J connectivity index is 1.55. The van der Waals surface area contributed by atoms with Gasteiger partial charge in [-0.15, -0.1) is 0 Å². The molecule has 0 aromatic rings. The lowest BCUT2D eigenvalue weighted by molar-refractivity contribution is -0.146. The maximum atomic E-state index is 12.6. The average molecular weight is 281 g/mol. The monoisotopic (exact) mass is 281 g/mol. The lowest BCUT2D eigenvalue weighted by Crippen LogP contribution is -2.52. The minimum absolute atomic E-state index is 0.205. The molecule has 114 valence electrons. The molecule has 3 aliphatic heterocycles. The van der Waals surface area contributed by atoms with Crippen molar-refractivity contribution in [1.29, 1.82) is 0 Å². The highest BCUT2D eigenvalue weighted by Gasteiger charge is 2.35. The molecule has 0 aliphatic carbocycles. The number of amides is 1. The third-order valence-electron chi connectivity index (χ3n) is 4.78. The molecule has 2 atom stereocenters. The number of hydrogen-bond acceptors (Lipinski definition) is 4. The van der Waals surface area contributed by atoms with Gasteiger partial charge in [-0.05, 0) is 38.8 Å². The fourth-order valence-corrected chi connectivity index (χ4v) is 3.66. The SMILES string of the molecule is O=C(C1CNCCO1)N1CCCC1CN1CCCCC1. The van der Waals surface area contributed by atoms with Gasteiger partial charge in [-0.1, -0.05) is 6.42 Å². The van der Waals surface area contributed by atoms with Gasteiger partial charge in [-0.2, -0.15) is 0 Å². The Hall–Kier alpha value is -0.650. The first-order valence-corrected chi connectivity index (χ1v) is 8.20. The van der Waals surface area contributed by atoms with Crippen molar-refractivity contribution in [2.75, 3.05) is 45.9 Å². The van der Waals surface area contributed by atoms with E-state index in [4.69, 9.17) is 4.74 Å². The van der Waals surface area contributed by atoms with Gasteiger partial charge >= 0.3 is 0 Å². The maximum absolute atomic E-state index is 12.6. The Bertz CT molecular complexity index is 325. The zero-order valence-corrected chi connectivity index (χ0v) is 12.4. The van der Waals surface area contributed by atoms with Crippen molar-refractivity contribution in [3.63, 3.8) is 0 Å². The summed E-state index contributed by atoms with van der Waals surface area (Å²) in [7, 11) is 0. The largest absolute Gasteiger partial charge is 0.366 e. The fraction of sp³-hybridized carbons (Fsp3) is 0.933. The highest BCUT2D eigenvalue weighted by Crippen LogP contribution is 2.21. The number of piperidine rings is 1. The van der Waals surface area contributed by atoms with Gasteiger partial charge in [0.05, 0.1) is 6.61 Å². The van der Waals surface area contributed by atoms with Gasteiger partial charge in [-0.25, -0.2) is 0 Å². The van der Waals surface area contributed by atoms with Crippen LogP contribution in [0.3, 0.4) is 0 Å². The van der Waals surface area contributed by atoms with Crippen LogP contribution in [-0.4, -0.2) is 73.7 Å². The molecule has 0 aromatic carbocycles. The second kappa shape index (κ2) is 6.87. The normalized spacial score (nSPS) is 32.5. The van der Waals surface area contributed by atoms with Gasteiger partial charge < -0.3 is 19.9 Å². The van der Waals surface area contributed by atoms with Crippen molar-refractivity contribution in [2.24, 2.45) is 0 Å². The number of carbonyl (C=O) groups excluding carboxylic acids is 1. The summed E-state index contributed by atoms with van der Waals surface area (Å²) in [5.74, 6) is 0.205. The summed E-state index contributed by atoms with van der Waals surface area (Å²) in [6.07, 6.45) is 6.04. The van der Waals surface area contributed by atoms with E-state index in [1.807, 2.05) is 0 Å². The molecule has 5 nitrogen and oxygen atoms in total. The average Bonchev–Trinajstić information content (AvgIpc) is 2.96. The van der Waals surface area contributed by atoms with Crippen LogP contribution in [0.1, 0.15) is 32.1 Å². The minimum Gasteiger partial charge on any atom is -0.366 e. The molecule has 0 radical (unpaired) electrons. The summed E-state index contributed by atoms with van der Waals surface area (Å²) < 4.78 is 5.62. The van der Waals surface area contributed by atoms with Gasteiger partial charge in [0.15, 0.2) is 0 Å². The standard InChI is InChI=1S/C15H27N3O2/c19-15(14-11-16-6-10-20-14)18-9-4-5-13(18)12-17-7-2-1-3-8-17/h13-14,16H,1-12H2. The van der Waals surface area contributed by atoms with Crippen LogP contribution in [0.2, 0.25) is 0 Å². The van der Waals surface area contributed by atoms with Gasteiger partial charge in [0.1, 0.15) is 6.10 Å². The van der Waals surface area contributed by atoms with Crippen molar-refractivity contribution in [3.8, 4) is 0 Å². The summed E-state index contributed by atoms with van der Waals surface area (Å²) in [6.45, 7) is 6.58. The van der Waals surface area contributed by atoms with Crippen LogP contribution in [0.15, 0.2) is 0 Å². The lowest BCUT2D eigenvalue weighted by Gasteiger charge is -2.35. The molecule has 3 aliphatic rings. The highest BCUT2D eigenvalue weighted by molar-refractivity contribution is 5.82. The quantitative estimate of drug-likeness (QED) is 0.816. The summed E-state index contributed by atoms with van der Waals surface area (Å²) >= 11 is 0. The van der Waals surface area contributed by atoms with Gasteiger partial charge in [-0.3, -0.25) is 4.79 Å². The van der Waals surface area contributed by atoms with Crippen LogP contribution in [0.4, 0.5) is 0 Å². The van der Waals surface area contributed by atoms with E-state index in [0.717, 1.165) is 32.5 Å². The molecule has 3 heterocycles. The molecule has 0 spiro atoms. The van der Waals surface area contributed by atoms with Crippen molar-refractivity contribution in [3.05, 3.63) is 0 Å². The second-order valence-corrected chi connectivity index (χ2v) is 6.25. The Morgan fingerprint density at radius 3 is 2.75 bits per heavy atom. The van der Waals surface area contributed by atoms with Crippen LogP contribution in [0, 0.1) is 0 Å². The van der Waals surface area contributed by atoms with E-state index in [1.165, 1.54) is 32.4 Å². The van der Waals surface area contributed by atoms with Crippen LogP contribution in [0.5, 0.6) is 0 Å². The summed E-state index contributed by atoms with van der Waals surface area (Å²) in [6, 6.07) is 0.408. The smallest absolute Gasteiger partial charge is 0.253 e. The number of nitrogens with zero attached hydrogens (tertiary/aromatic N) is 2. The number of morpholine rings is 1. The molecular formula is C15H27N3O2. The Morgan fingerprint density at radius 2 is 2.00 bits per heavy atom. The summed E-state index contributed by atoms with van der Waals surface area (Å²) in [5, 5.41) is 3.25. The number of hydrogen-bond donors (Lipinski definition) is 1. The third-order valence-corrected chi connectivity index (χ3v) is 4.78. The van der Waals surface area contributed by atoms with E-state index < -0.39 is 0 Å². The van der Waals surface area contributed by atoms with Gasteiger partial charge in [0.2, 0.25) is 0 Å². The molecule has 3 rings (SSSR count). The van der Waals surface area contributed by atoms with Crippen molar-refractivity contribution in [1.82, 2.24) is 15.1 Å². The molecule has 3 fully saturated rings. The van der Waals surface area contributed by atoms with Crippen LogP contribution in [0.25, 0.3) is 0 Å². The van der Waals surface area contributed by atoms with Crippen molar-refractivity contribution in [2.45, 2.75) is 44.2 Å². The zero-order valence-electron chi connectivity index (χ0n) is 12.4. The van der Waals surface area contributed by atoms with E-state index in [9.17, 15) is 4.79 Å². The Labute approximate surface area is 121 Å². The topological polar surface area (TPSA) is 44.8 Å². The fourth-order valence-electron chi connectivity index (χ4n) is 3.66. The van der Waals surface area contributed by atoms with Crippen LogP contribution < -0.4 is 5.32 Å². The number of carbonyl (C=O) groups is 1. The van der Waals surface area contributed by atoms with Crippen molar-refractivity contribution < 1.29 is 9.53 Å². The van der Waals surface area contributed by atoms with Crippen molar-refractivity contribution >= 4 is 5.91 Å². The molecule has 0 aromatic heterocycles. The molecular weight excluding hydrogens is 254 g/mol. The zero-order chi connectivity index (χ0) is 13.8. The maximum Gasteiger partial charge on any atom is 0.253 e. The first-order valence-electron chi connectivity index (χ1n) is 8.20. The predicted molar refractivity (Wildman–Crippen MR) is 77.6 cm³/mol. The highest BCUT2D eigenvalue weighted by atomic mass is 16.5. The first kappa shape index (κ1) is 14.3. The molecule has 1 amide bonds. The van der Waals surface area contributed by atoms with E-state index >= 15 is 0 Å². The molecule has 20 heavy (non-hydrogen) atoms. The van der Waals surface area contributed by atoms with E-state index in [2.05, 4.69) is 15.1 Å². The number of rotatable bonds is 3. The minimum atomic E-state index is -0.259. The van der Waals surface area contributed by atoms with E-state index in [1.54, 1.807) is 0 Å². The predicted octanol–water partition coefficient (Wildman–Crippen LogP) is 0.452. The Kier molecular flexibility index (Phi) is 4.91. The third kappa shape index (κ3) is 3.32. The molecule has 3 saturated heterocycles. The molecule has 0 bridgehead atoms. The summed E-state index contributed by atoms with van der Waals surface area (Å²) in [4.78, 5) is 17.2. The summed E-state index contributed by atoms with van der Waals surface area (Å²) in [5.41, 5.74) is 0. The van der Waals surface area contributed by atoms with Gasteiger partial charge in [0.25, 0.3) is 5.91 Å². The molecule has 5 heteroatoms. The second-order valence-electron chi connectivity index (χ2n) is 6.25. The molecule has 2 unspecified atom stereocenters. The first-order chi connectivity index (χ1) is 9.84. The van der Waals surface area contributed by atoms with Gasteiger partial charge in [0, 0.05) is 32.2 Å². The molecule has 1 N–H and O–H groups in total. The van der Waals surface area contributed by atoms with Crippen LogP contribution >= 0.6 is 0 Å². The van der Waals surface area contributed by atoms with E-state index in [0.29, 0.717) is 19.2 Å². The number of nitrogens with one attached hydrogen (secondary N) is 1. The van der Waals surface area contributed by atoms with E-state index in [-0.39, 0.29) is 12.0 Å². The van der Waals surface area contributed by atoms with Crippen LogP contribution in [-0.2, 0) is 9.53 Å². The molecule has 0 saturated carbocycles.